The molecule has 2 aromatic heterocycles. The SMILES string of the molecule is CCCc1nnsc1C(=O)NCc1cc(C(C)(C)C)n[nH]1. The molecule has 0 aromatic carbocycles. The second kappa shape index (κ2) is 6.34. The zero-order chi connectivity index (χ0) is 15.5. The molecule has 0 aliphatic heterocycles. The van der Waals surface area contributed by atoms with E-state index >= 15 is 0 Å². The predicted octanol–water partition coefficient (Wildman–Crippen LogP) is 2.44. The fourth-order valence-electron chi connectivity index (χ4n) is 1.87. The number of aryl methyl sites for hydroxylation is 1. The molecule has 0 spiro atoms. The Bertz CT molecular complexity index is 611. The number of H-pyrrole nitrogens is 1. The molecule has 0 bridgehead atoms. The highest BCUT2D eigenvalue weighted by Gasteiger charge is 2.18. The average Bonchev–Trinajstić information content (AvgIpc) is 3.04. The number of nitrogens with one attached hydrogen (secondary N) is 2. The van der Waals surface area contributed by atoms with Gasteiger partial charge in [-0.1, -0.05) is 38.6 Å². The van der Waals surface area contributed by atoms with E-state index in [0.29, 0.717) is 11.4 Å². The normalized spacial score (nSPS) is 11.6. The smallest absolute Gasteiger partial charge is 0.265 e. The molecule has 21 heavy (non-hydrogen) atoms. The first-order valence-electron chi connectivity index (χ1n) is 7.06. The van der Waals surface area contributed by atoms with Gasteiger partial charge >= 0.3 is 0 Å². The topological polar surface area (TPSA) is 83.6 Å². The summed E-state index contributed by atoms with van der Waals surface area (Å²) in [4.78, 5) is 12.8. The van der Waals surface area contributed by atoms with Crippen molar-refractivity contribution in [1.29, 1.82) is 0 Å². The van der Waals surface area contributed by atoms with E-state index < -0.39 is 0 Å². The molecule has 0 radical (unpaired) electrons. The van der Waals surface area contributed by atoms with E-state index in [-0.39, 0.29) is 11.3 Å². The zero-order valence-corrected chi connectivity index (χ0v) is 13.7. The second-order valence-electron chi connectivity index (χ2n) is 6.01. The van der Waals surface area contributed by atoms with Gasteiger partial charge in [0.1, 0.15) is 4.88 Å². The summed E-state index contributed by atoms with van der Waals surface area (Å²) in [7, 11) is 0. The van der Waals surface area contributed by atoms with Crippen LogP contribution in [0.25, 0.3) is 0 Å². The number of nitrogens with zero attached hydrogens (tertiary/aromatic N) is 3. The van der Waals surface area contributed by atoms with Crippen molar-refractivity contribution in [3.63, 3.8) is 0 Å². The quantitative estimate of drug-likeness (QED) is 0.888. The van der Waals surface area contributed by atoms with Crippen LogP contribution in [0.1, 0.15) is 60.9 Å². The van der Waals surface area contributed by atoms with E-state index in [4.69, 9.17) is 0 Å². The lowest BCUT2D eigenvalue weighted by molar-refractivity contribution is 0.0953. The first kappa shape index (κ1) is 15.6. The minimum atomic E-state index is -0.125. The van der Waals surface area contributed by atoms with Gasteiger partial charge in [-0.2, -0.15) is 5.10 Å². The van der Waals surface area contributed by atoms with Crippen molar-refractivity contribution in [2.75, 3.05) is 0 Å². The van der Waals surface area contributed by atoms with Crippen molar-refractivity contribution in [3.05, 3.63) is 28.0 Å². The molecule has 0 saturated heterocycles. The number of hydrogen-bond acceptors (Lipinski definition) is 5. The molecule has 2 rings (SSSR count). The highest BCUT2D eigenvalue weighted by molar-refractivity contribution is 7.08. The summed E-state index contributed by atoms with van der Waals surface area (Å²) in [6.45, 7) is 8.79. The Balaban J connectivity index is 1.98. The minimum Gasteiger partial charge on any atom is -0.346 e. The van der Waals surface area contributed by atoms with Crippen LogP contribution < -0.4 is 5.32 Å². The van der Waals surface area contributed by atoms with Crippen molar-refractivity contribution >= 4 is 17.4 Å². The van der Waals surface area contributed by atoms with Crippen molar-refractivity contribution in [2.24, 2.45) is 0 Å². The van der Waals surface area contributed by atoms with E-state index in [1.165, 1.54) is 0 Å². The Hall–Kier alpha value is -1.76. The van der Waals surface area contributed by atoms with Crippen LogP contribution in [-0.2, 0) is 18.4 Å². The Morgan fingerprint density at radius 2 is 2.19 bits per heavy atom. The summed E-state index contributed by atoms with van der Waals surface area (Å²) in [6, 6.07) is 1.98. The second-order valence-corrected chi connectivity index (χ2v) is 6.76. The first-order valence-corrected chi connectivity index (χ1v) is 7.83. The number of rotatable bonds is 5. The average molecular weight is 307 g/mol. The number of carbonyl (C=O) groups excluding carboxylic acids is 1. The lowest BCUT2D eigenvalue weighted by Crippen LogP contribution is -2.23. The van der Waals surface area contributed by atoms with E-state index in [0.717, 1.165) is 41.5 Å². The molecule has 0 aliphatic rings. The van der Waals surface area contributed by atoms with Crippen molar-refractivity contribution in [1.82, 2.24) is 25.1 Å². The number of carbonyl (C=O) groups is 1. The Morgan fingerprint density at radius 1 is 1.43 bits per heavy atom. The summed E-state index contributed by atoms with van der Waals surface area (Å²) in [6.07, 6.45) is 1.72. The van der Waals surface area contributed by atoms with E-state index in [1.807, 2.05) is 6.07 Å². The van der Waals surface area contributed by atoms with Crippen LogP contribution in [-0.4, -0.2) is 25.7 Å². The molecule has 0 unspecified atom stereocenters. The Kier molecular flexibility index (Phi) is 4.72. The van der Waals surface area contributed by atoms with Gasteiger partial charge in [0.05, 0.1) is 23.6 Å². The van der Waals surface area contributed by atoms with Gasteiger partial charge in [-0.25, -0.2) is 0 Å². The van der Waals surface area contributed by atoms with Crippen LogP contribution in [0.4, 0.5) is 0 Å². The molecule has 6 nitrogen and oxygen atoms in total. The molecule has 1 amide bonds. The fourth-order valence-corrected chi connectivity index (χ4v) is 2.50. The van der Waals surface area contributed by atoms with Gasteiger partial charge in [0.25, 0.3) is 5.91 Å². The molecule has 2 heterocycles. The molecule has 114 valence electrons. The molecular formula is C14H21N5OS. The lowest BCUT2D eigenvalue weighted by atomic mass is 9.92. The number of aromatic amines is 1. The molecule has 0 aliphatic carbocycles. The third kappa shape index (κ3) is 3.87. The van der Waals surface area contributed by atoms with Crippen molar-refractivity contribution in [3.8, 4) is 0 Å². The summed E-state index contributed by atoms with van der Waals surface area (Å²) in [5, 5.41) is 14.1. The first-order chi connectivity index (χ1) is 9.91. The Morgan fingerprint density at radius 3 is 2.81 bits per heavy atom. The highest BCUT2D eigenvalue weighted by Crippen LogP contribution is 2.20. The maximum absolute atomic E-state index is 12.2. The molecule has 7 heteroatoms. The third-order valence-electron chi connectivity index (χ3n) is 3.09. The Labute approximate surface area is 128 Å². The minimum absolute atomic E-state index is 0.00531. The monoisotopic (exact) mass is 307 g/mol. The lowest BCUT2D eigenvalue weighted by Gasteiger charge is -2.13. The molecule has 0 saturated carbocycles. The largest absolute Gasteiger partial charge is 0.346 e. The molecule has 2 aromatic rings. The molecule has 0 atom stereocenters. The van der Waals surface area contributed by atoms with E-state index in [1.54, 1.807) is 0 Å². The standard InChI is InChI=1S/C14H21N5OS/c1-5-6-10-12(21-19-17-10)13(20)15-8-9-7-11(18-16-9)14(2,3)4/h7H,5-6,8H2,1-4H3,(H,15,20)(H,16,18). The van der Waals surface area contributed by atoms with Crippen LogP contribution in [0.2, 0.25) is 0 Å². The number of hydrogen-bond donors (Lipinski definition) is 2. The van der Waals surface area contributed by atoms with Gasteiger partial charge in [0.2, 0.25) is 0 Å². The molecule has 2 N–H and O–H groups in total. The van der Waals surface area contributed by atoms with Crippen LogP contribution in [0.5, 0.6) is 0 Å². The van der Waals surface area contributed by atoms with Crippen LogP contribution >= 0.6 is 11.5 Å². The fraction of sp³-hybridized carbons (Fsp3) is 0.571. The van der Waals surface area contributed by atoms with Crippen LogP contribution in [0, 0.1) is 0 Å². The summed E-state index contributed by atoms with van der Waals surface area (Å²) < 4.78 is 3.86. The van der Waals surface area contributed by atoms with Gasteiger partial charge < -0.3 is 5.32 Å². The van der Waals surface area contributed by atoms with Gasteiger partial charge in [0, 0.05) is 5.41 Å². The maximum Gasteiger partial charge on any atom is 0.265 e. The van der Waals surface area contributed by atoms with Crippen molar-refractivity contribution < 1.29 is 4.79 Å². The zero-order valence-electron chi connectivity index (χ0n) is 12.9. The van der Waals surface area contributed by atoms with Gasteiger partial charge in [0.15, 0.2) is 0 Å². The predicted molar refractivity (Wildman–Crippen MR) is 82.4 cm³/mol. The van der Waals surface area contributed by atoms with E-state index in [2.05, 4.69) is 52.8 Å². The van der Waals surface area contributed by atoms with E-state index in [9.17, 15) is 4.79 Å². The molecular weight excluding hydrogens is 286 g/mol. The highest BCUT2D eigenvalue weighted by atomic mass is 32.1. The van der Waals surface area contributed by atoms with Crippen molar-refractivity contribution in [2.45, 2.75) is 52.5 Å². The van der Waals surface area contributed by atoms with Crippen LogP contribution in [0.15, 0.2) is 6.07 Å². The summed E-state index contributed by atoms with van der Waals surface area (Å²) in [5.74, 6) is -0.125. The summed E-state index contributed by atoms with van der Waals surface area (Å²) in [5.41, 5.74) is 2.65. The van der Waals surface area contributed by atoms with Crippen LogP contribution in [0.3, 0.4) is 0 Å². The number of amides is 1. The maximum atomic E-state index is 12.2. The van der Waals surface area contributed by atoms with Gasteiger partial charge in [-0.05, 0) is 24.0 Å². The van der Waals surface area contributed by atoms with Gasteiger partial charge in [-0.3, -0.25) is 9.89 Å². The third-order valence-corrected chi connectivity index (χ3v) is 3.85. The number of aromatic nitrogens is 4. The van der Waals surface area contributed by atoms with Gasteiger partial charge in [-0.15, -0.1) is 5.10 Å². The summed E-state index contributed by atoms with van der Waals surface area (Å²) >= 11 is 1.14. The molecule has 0 fully saturated rings.